The van der Waals surface area contributed by atoms with Crippen LogP contribution in [0.25, 0.3) is 0 Å². The van der Waals surface area contributed by atoms with Crippen LogP contribution in [0.2, 0.25) is 0 Å². The minimum Gasteiger partial charge on any atom is -0.382 e. The Labute approximate surface area is 219 Å². The second-order valence-corrected chi connectivity index (χ2v) is 10.3. The summed E-state index contributed by atoms with van der Waals surface area (Å²) in [4.78, 5) is 16.8. The van der Waals surface area contributed by atoms with Crippen molar-refractivity contribution >= 4 is 11.6 Å². The molecule has 0 spiro atoms. The zero-order chi connectivity index (χ0) is 27.5. The number of piperidine rings is 2. The lowest BCUT2D eigenvalue weighted by Crippen LogP contribution is -2.43. The number of rotatable bonds is 6. The van der Waals surface area contributed by atoms with E-state index < -0.39 is 23.5 Å². The first-order valence-corrected chi connectivity index (χ1v) is 13.0. The Bertz CT molecular complexity index is 1080. The van der Waals surface area contributed by atoms with Gasteiger partial charge in [-0.05, 0) is 87.0 Å². The molecule has 2 heterocycles. The van der Waals surface area contributed by atoms with Crippen molar-refractivity contribution in [2.75, 3.05) is 38.0 Å². The highest BCUT2D eigenvalue weighted by molar-refractivity contribution is 5.76. The van der Waals surface area contributed by atoms with Gasteiger partial charge in [0.15, 0.2) is 0 Å². The first-order valence-electron chi connectivity index (χ1n) is 13.0. The molecule has 0 radical (unpaired) electrons. The van der Waals surface area contributed by atoms with Crippen LogP contribution in [0.5, 0.6) is 0 Å². The Morgan fingerprint density at radius 2 is 1.50 bits per heavy atom. The highest BCUT2D eigenvalue weighted by Crippen LogP contribution is 2.35. The number of hydrogen-bond acceptors (Lipinski definition) is 3. The number of likely N-dealkylation sites (tertiary alicyclic amines) is 2. The van der Waals surface area contributed by atoms with Crippen LogP contribution in [0.4, 0.5) is 32.0 Å². The smallest absolute Gasteiger partial charge is 0.382 e. The zero-order valence-corrected chi connectivity index (χ0v) is 21.3. The molecule has 0 atom stereocenters. The third kappa shape index (κ3) is 7.21. The number of anilines is 1. The van der Waals surface area contributed by atoms with Crippen LogP contribution in [-0.2, 0) is 17.1 Å². The molecule has 208 valence electrons. The Kier molecular flexibility index (Phi) is 8.59. The van der Waals surface area contributed by atoms with Crippen LogP contribution >= 0.6 is 0 Å². The molecular formula is C28H33F6N3O. The van der Waals surface area contributed by atoms with Gasteiger partial charge >= 0.3 is 12.4 Å². The molecule has 2 saturated heterocycles. The molecule has 4 rings (SSSR count). The van der Waals surface area contributed by atoms with E-state index in [9.17, 15) is 31.1 Å². The summed E-state index contributed by atoms with van der Waals surface area (Å²) >= 11 is 0. The van der Waals surface area contributed by atoms with Crippen LogP contribution in [0, 0.1) is 6.92 Å². The SMILES string of the molecule is Cc1ccc(NC2CCN(C(=O)CCN3CCC(c4ccc(C(F)(F)F)cc4)CC3)CC2)cc1C(F)(F)F. The number of aryl methyl sites for hydroxylation is 1. The van der Waals surface area contributed by atoms with Gasteiger partial charge in [-0.1, -0.05) is 18.2 Å². The molecule has 10 heteroatoms. The standard InChI is InChI=1S/C28H33F6N3O/c1-19-2-7-24(18-25(19)28(32,33)34)35-23-10-16-37(17-11-23)26(38)12-15-36-13-8-21(9-14-36)20-3-5-22(6-4-20)27(29,30)31/h2-7,18,21,23,35H,8-17H2,1H3. The molecule has 1 N–H and O–H groups in total. The van der Waals surface area contributed by atoms with E-state index in [1.807, 2.05) is 4.90 Å². The Balaban J connectivity index is 1.17. The Morgan fingerprint density at radius 3 is 2.08 bits per heavy atom. The fraction of sp³-hybridized carbons (Fsp3) is 0.536. The van der Waals surface area contributed by atoms with Crippen LogP contribution in [0.3, 0.4) is 0 Å². The van der Waals surface area contributed by atoms with Gasteiger partial charge in [-0.15, -0.1) is 0 Å². The summed E-state index contributed by atoms with van der Waals surface area (Å²) in [5.41, 5.74) is 0.270. The van der Waals surface area contributed by atoms with Crippen LogP contribution < -0.4 is 5.32 Å². The van der Waals surface area contributed by atoms with Crippen LogP contribution in [0.1, 0.15) is 60.3 Å². The Hall–Kier alpha value is -2.75. The van der Waals surface area contributed by atoms with Crippen molar-refractivity contribution in [2.45, 2.75) is 63.3 Å². The van der Waals surface area contributed by atoms with Crippen LogP contribution in [-0.4, -0.2) is 54.5 Å². The third-order valence-corrected chi connectivity index (χ3v) is 7.70. The quantitative estimate of drug-likeness (QED) is 0.413. The molecule has 2 aromatic carbocycles. The monoisotopic (exact) mass is 541 g/mol. The molecule has 4 nitrogen and oxygen atoms in total. The third-order valence-electron chi connectivity index (χ3n) is 7.70. The number of carbonyl (C=O) groups is 1. The maximum atomic E-state index is 13.2. The van der Waals surface area contributed by atoms with Gasteiger partial charge in [0, 0.05) is 37.8 Å². The van der Waals surface area contributed by atoms with Crippen molar-refractivity contribution in [2.24, 2.45) is 0 Å². The van der Waals surface area contributed by atoms with E-state index in [0.717, 1.165) is 49.7 Å². The van der Waals surface area contributed by atoms with E-state index in [2.05, 4.69) is 10.2 Å². The molecule has 0 aliphatic carbocycles. The molecule has 0 aromatic heterocycles. The van der Waals surface area contributed by atoms with Crippen molar-refractivity contribution < 1.29 is 31.1 Å². The summed E-state index contributed by atoms with van der Waals surface area (Å²) < 4.78 is 77.9. The number of alkyl halides is 6. The Morgan fingerprint density at radius 1 is 0.868 bits per heavy atom. The van der Waals surface area contributed by atoms with Gasteiger partial charge in [0.05, 0.1) is 11.1 Å². The summed E-state index contributed by atoms with van der Waals surface area (Å²) in [7, 11) is 0. The van der Waals surface area contributed by atoms with Crippen LogP contribution in [0.15, 0.2) is 42.5 Å². The summed E-state index contributed by atoms with van der Waals surface area (Å²) in [6, 6.07) is 9.69. The molecule has 2 fully saturated rings. The fourth-order valence-corrected chi connectivity index (χ4v) is 5.37. The van der Waals surface area contributed by atoms with E-state index in [0.29, 0.717) is 44.6 Å². The lowest BCUT2D eigenvalue weighted by Gasteiger charge is -2.35. The fourth-order valence-electron chi connectivity index (χ4n) is 5.37. The lowest BCUT2D eigenvalue weighted by molar-refractivity contribution is -0.138. The molecule has 2 aliphatic heterocycles. The summed E-state index contributed by atoms with van der Waals surface area (Å²) in [6.45, 7) is 4.79. The van der Waals surface area contributed by atoms with E-state index in [1.54, 1.807) is 18.2 Å². The number of benzene rings is 2. The highest BCUT2D eigenvalue weighted by Gasteiger charge is 2.33. The molecule has 2 aromatic rings. The van der Waals surface area contributed by atoms with Gasteiger partial charge in [0.2, 0.25) is 5.91 Å². The lowest BCUT2D eigenvalue weighted by atomic mass is 9.89. The average molecular weight is 542 g/mol. The second-order valence-electron chi connectivity index (χ2n) is 10.3. The van der Waals surface area contributed by atoms with Crippen molar-refractivity contribution in [1.82, 2.24) is 9.80 Å². The predicted molar refractivity (Wildman–Crippen MR) is 134 cm³/mol. The second kappa shape index (κ2) is 11.6. The summed E-state index contributed by atoms with van der Waals surface area (Å²) in [5.74, 6) is 0.291. The molecule has 0 bridgehead atoms. The first kappa shape index (κ1) is 28.3. The normalized spacial score (nSPS) is 18.6. The van der Waals surface area contributed by atoms with E-state index in [1.165, 1.54) is 13.0 Å². The minimum atomic E-state index is -4.39. The average Bonchev–Trinajstić information content (AvgIpc) is 2.88. The van der Waals surface area contributed by atoms with Gasteiger partial charge in [-0.3, -0.25) is 4.79 Å². The highest BCUT2D eigenvalue weighted by atomic mass is 19.4. The number of nitrogens with one attached hydrogen (secondary N) is 1. The van der Waals surface area contributed by atoms with Gasteiger partial charge in [0.25, 0.3) is 0 Å². The van der Waals surface area contributed by atoms with E-state index >= 15 is 0 Å². The molecule has 0 unspecified atom stereocenters. The number of amides is 1. The number of hydrogen-bond donors (Lipinski definition) is 1. The van der Waals surface area contributed by atoms with Gasteiger partial charge in [0.1, 0.15) is 0 Å². The maximum absolute atomic E-state index is 13.2. The summed E-state index contributed by atoms with van der Waals surface area (Å²) in [6.07, 6.45) is -5.32. The van der Waals surface area contributed by atoms with Gasteiger partial charge < -0.3 is 15.1 Å². The summed E-state index contributed by atoms with van der Waals surface area (Å²) in [5, 5.41) is 3.19. The predicted octanol–water partition coefficient (Wildman–Crippen LogP) is 6.71. The van der Waals surface area contributed by atoms with Crippen molar-refractivity contribution in [1.29, 1.82) is 0 Å². The molecule has 0 saturated carbocycles. The largest absolute Gasteiger partial charge is 0.416 e. The zero-order valence-electron chi connectivity index (χ0n) is 21.3. The van der Waals surface area contributed by atoms with Crippen molar-refractivity contribution in [3.63, 3.8) is 0 Å². The number of carbonyl (C=O) groups excluding carboxylic acids is 1. The van der Waals surface area contributed by atoms with Gasteiger partial charge in [-0.2, -0.15) is 26.3 Å². The van der Waals surface area contributed by atoms with Crippen molar-refractivity contribution in [3.05, 3.63) is 64.7 Å². The van der Waals surface area contributed by atoms with Crippen molar-refractivity contribution in [3.8, 4) is 0 Å². The molecule has 2 aliphatic rings. The van der Waals surface area contributed by atoms with Gasteiger partial charge in [-0.25, -0.2) is 0 Å². The number of nitrogens with zero attached hydrogens (tertiary/aromatic N) is 2. The molecular weight excluding hydrogens is 508 g/mol. The maximum Gasteiger partial charge on any atom is 0.416 e. The molecule has 1 amide bonds. The first-order chi connectivity index (χ1) is 17.9. The molecule has 38 heavy (non-hydrogen) atoms. The number of halogens is 6. The minimum absolute atomic E-state index is 0.00654. The van der Waals surface area contributed by atoms with E-state index in [-0.39, 0.29) is 23.4 Å². The van der Waals surface area contributed by atoms with E-state index in [4.69, 9.17) is 0 Å². The topological polar surface area (TPSA) is 35.6 Å².